The van der Waals surface area contributed by atoms with Crippen molar-refractivity contribution in [3.63, 3.8) is 0 Å². The normalized spacial score (nSPS) is 10.5. The van der Waals surface area contributed by atoms with Crippen LogP contribution in [-0.2, 0) is 4.74 Å². The van der Waals surface area contributed by atoms with Crippen molar-refractivity contribution >= 4 is 5.97 Å². The number of imidazole rings is 1. The first-order valence-corrected chi connectivity index (χ1v) is 7.35. The van der Waals surface area contributed by atoms with Crippen LogP contribution in [0.15, 0.2) is 65.5 Å². The molecule has 1 aromatic heterocycles. The molecule has 0 aliphatic carbocycles. The van der Waals surface area contributed by atoms with Crippen LogP contribution in [0, 0.1) is 0 Å². The number of ether oxygens (including phenoxy) is 1. The lowest BCUT2D eigenvalue weighted by molar-refractivity contribution is 0.0521. The van der Waals surface area contributed by atoms with Gasteiger partial charge in [0.05, 0.1) is 18.0 Å². The van der Waals surface area contributed by atoms with Crippen LogP contribution in [0.2, 0.25) is 0 Å². The lowest BCUT2D eigenvalue weighted by atomic mass is 10.1. The third-order valence-electron chi connectivity index (χ3n) is 3.44. The van der Waals surface area contributed by atoms with Crippen LogP contribution in [-0.4, -0.2) is 22.1 Å². The highest BCUT2D eigenvalue weighted by Gasteiger charge is 2.23. The molecule has 0 unspecified atom stereocenters. The van der Waals surface area contributed by atoms with Gasteiger partial charge in [0.2, 0.25) is 0 Å². The Labute approximate surface area is 133 Å². The molecular weight excluding hydrogens is 292 g/mol. The fourth-order valence-electron chi connectivity index (χ4n) is 2.48. The van der Waals surface area contributed by atoms with Crippen LogP contribution in [0.4, 0.5) is 0 Å². The standard InChI is InChI=1S/C18H16N2O3/c1-2-23-17(21)15-16(13-9-5-3-6-10-13)20(18(22)19-15)14-11-7-4-8-12-14/h3-12H,2H2,1H3,(H,19,22). The molecule has 0 bridgehead atoms. The van der Waals surface area contributed by atoms with Gasteiger partial charge in [0, 0.05) is 5.56 Å². The molecule has 0 atom stereocenters. The summed E-state index contributed by atoms with van der Waals surface area (Å²) in [5.74, 6) is -0.543. The van der Waals surface area contributed by atoms with Gasteiger partial charge in [0.15, 0.2) is 5.69 Å². The number of nitrogens with zero attached hydrogens (tertiary/aromatic N) is 1. The second-order valence-corrected chi connectivity index (χ2v) is 4.91. The van der Waals surface area contributed by atoms with E-state index in [1.807, 2.05) is 60.7 Å². The average Bonchev–Trinajstić information content (AvgIpc) is 2.94. The second-order valence-electron chi connectivity index (χ2n) is 4.91. The van der Waals surface area contributed by atoms with Crippen molar-refractivity contribution in [1.29, 1.82) is 0 Å². The van der Waals surface area contributed by atoms with Crippen molar-refractivity contribution in [1.82, 2.24) is 9.55 Å². The third kappa shape index (κ3) is 2.81. The fraction of sp³-hybridized carbons (Fsp3) is 0.111. The minimum absolute atomic E-state index is 0.159. The molecule has 0 radical (unpaired) electrons. The second kappa shape index (κ2) is 6.36. The molecule has 0 aliphatic rings. The molecule has 0 amide bonds. The van der Waals surface area contributed by atoms with Crippen LogP contribution in [0.5, 0.6) is 0 Å². The number of rotatable bonds is 4. The maximum atomic E-state index is 12.4. The molecule has 0 saturated heterocycles. The molecule has 116 valence electrons. The number of aromatic amines is 1. The average molecular weight is 308 g/mol. The summed E-state index contributed by atoms with van der Waals surface area (Å²) in [5, 5.41) is 0. The van der Waals surface area contributed by atoms with Gasteiger partial charge < -0.3 is 4.74 Å². The van der Waals surface area contributed by atoms with E-state index in [1.165, 1.54) is 4.57 Å². The van der Waals surface area contributed by atoms with Gasteiger partial charge in [-0.2, -0.15) is 0 Å². The molecular formula is C18H16N2O3. The van der Waals surface area contributed by atoms with Gasteiger partial charge in [-0.15, -0.1) is 0 Å². The highest BCUT2D eigenvalue weighted by atomic mass is 16.5. The van der Waals surface area contributed by atoms with Crippen molar-refractivity contribution in [2.45, 2.75) is 6.92 Å². The van der Waals surface area contributed by atoms with Crippen molar-refractivity contribution in [2.75, 3.05) is 6.61 Å². The Morgan fingerprint density at radius 1 is 1.04 bits per heavy atom. The molecule has 0 saturated carbocycles. The van der Waals surface area contributed by atoms with Gasteiger partial charge in [-0.3, -0.25) is 9.55 Å². The van der Waals surface area contributed by atoms with Crippen molar-refractivity contribution in [3.05, 3.63) is 76.8 Å². The van der Waals surface area contributed by atoms with Gasteiger partial charge >= 0.3 is 11.7 Å². The monoisotopic (exact) mass is 308 g/mol. The Kier molecular flexibility index (Phi) is 4.10. The van der Waals surface area contributed by atoms with E-state index in [-0.39, 0.29) is 18.0 Å². The van der Waals surface area contributed by atoms with Gasteiger partial charge in [-0.25, -0.2) is 9.59 Å². The summed E-state index contributed by atoms with van der Waals surface area (Å²) in [7, 11) is 0. The number of carbonyl (C=O) groups excluding carboxylic acids is 1. The summed E-state index contributed by atoms with van der Waals surface area (Å²) >= 11 is 0. The number of benzene rings is 2. The van der Waals surface area contributed by atoms with E-state index in [1.54, 1.807) is 6.92 Å². The topological polar surface area (TPSA) is 64.1 Å². The van der Waals surface area contributed by atoms with Crippen molar-refractivity contribution in [3.8, 4) is 16.9 Å². The predicted octanol–water partition coefficient (Wildman–Crippen LogP) is 3.01. The van der Waals surface area contributed by atoms with Crippen LogP contribution >= 0.6 is 0 Å². The Hall–Kier alpha value is -3.08. The number of hydrogen-bond donors (Lipinski definition) is 1. The van der Waals surface area contributed by atoms with E-state index < -0.39 is 5.97 Å². The number of hydrogen-bond acceptors (Lipinski definition) is 3. The Morgan fingerprint density at radius 2 is 1.65 bits per heavy atom. The van der Waals surface area contributed by atoms with Gasteiger partial charge in [-0.1, -0.05) is 48.5 Å². The van der Waals surface area contributed by atoms with E-state index >= 15 is 0 Å². The van der Waals surface area contributed by atoms with Gasteiger partial charge in [0.25, 0.3) is 0 Å². The highest BCUT2D eigenvalue weighted by Crippen LogP contribution is 2.25. The van der Waals surface area contributed by atoms with Crippen LogP contribution < -0.4 is 5.69 Å². The third-order valence-corrected chi connectivity index (χ3v) is 3.44. The molecule has 1 N–H and O–H groups in total. The van der Waals surface area contributed by atoms with Gasteiger partial charge in [0.1, 0.15) is 0 Å². The summed E-state index contributed by atoms with van der Waals surface area (Å²) in [6.45, 7) is 1.97. The van der Waals surface area contributed by atoms with E-state index in [0.717, 1.165) is 5.56 Å². The number of H-pyrrole nitrogens is 1. The molecule has 0 aliphatic heterocycles. The van der Waals surface area contributed by atoms with E-state index in [4.69, 9.17) is 4.74 Å². The van der Waals surface area contributed by atoms with Gasteiger partial charge in [-0.05, 0) is 19.1 Å². The number of nitrogens with one attached hydrogen (secondary N) is 1. The first-order valence-electron chi connectivity index (χ1n) is 7.35. The minimum atomic E-state index is -0.543. The maximum absolute atomic E-state index is 12.4. The summed E-state index contributed by atoms with van der Waals surface area (Å²) in [5.41, 5.74) is 1.73. The minimum Gasteiger partial charge on any atom is -0.461 e. The summed E-state index contributed by atoms with van der Waals surface area (Å²) < 4.78 is 6.56. The molecule has 0 fully saturated rings. The molecule has 3 aromatic rings. The van der Waals surface area contributed by atoms with E-state index in [9.17, 15) is 9.59 Å². The van der Waals surface area contributed by atoms with Crippen LogP contribution in [0.25, 0.3) is 16.9 Å². The van der Waals surface area contributed by atoms with Crippen molar-refractivity contribution < 1.29 is 9.53 Å². The zero-order valence-electron chi connectivity index (χ0n) is 12.7. The lowest BCUT2D eigenvalue weighted by Gasteiger charge is -2.09. The number of aromatic nitrogens is 2. The molecule has 0 spiro atoms. The zero-order valence-corrected chi connectivity index (χ0v) is 12.7. The SMILES string of the molecule is CCOC(=O)c1[nH]c(=O)n(-c2ccccc2)c1-c1ccccc1. The number of para-hydroxylation sites is 1. The smallest absolute Gasteiger partial charge is 0.357 e. The maximum Gasteiger partial charge on any atom is 0.357 e. The molecule has 3 rings (SSSR count). The first-order chi connectivity index (χ1) is 11.2. The number of esters is 1. The molecule has 23 heavy (non-hydrogen) atoms. The fourth-order valence-corrected chi connectivity index (χ4v) is 2.48. The largest absolute Gasteiger partial charge is 0.461 e. The van der Waals surface area contributed by atoms with E-state index in [2.05, 4.69) is 4.98 Å². The molecule has 2 aromatic carbocycles. The summed E-state index contributed by atoms with van der Waals surface area (Å²) in [4.78, 5) is 27.3. The molecule has 5 heteroatoms. The quantitative estimate of drug-likeness (QED) is 0.754. The Bertz CT molecular complexity index is 864. The molecule has 1 heterocycles. The molecule has 5 nitrogen and oxygen atoms in total. The van der Waals surface area contributed by atoms with E-state index in [0.29, 0.717) is 11.4 Å². The first kappa shape index (κ1) is 14.8. The summed E-state index contributed by atoms with van der Waals surface area (Å²) in [6, 6.07) is 18.5. The predicted molar refractivity (Wildman–Crippen MR) is 87.8 cm³/mol. The Balaban J connectivity index is 2.28. The lowest BCUT2D eigenvalue weighted by Crippen LogP contribution is -2.15. The highest BCUT2D eigenvalue weighted by molar-refractivity contribution is 5.94. The zero-order chi connectivity index (χ0) is 16.2. The number of carbonyl (C=O) groups is 1. The van der Waals surface area contributed by atoms with Crippen LogP contribution in [0.1, 0.15) is 17.4 Å². The van der Waals surface area contributed by atoms with Crippen LogP contribution in [0.3, 0.4) is 0 Å². The Morgan fingerprint density at radius 3 is 2.26 bits per heavy atom. The summed E-state index contributed by atoms with van der Waals surface area (Å²) in [6.07, 6.45) is 0. The van der Waals surface area contributed by atoms with Crippen molar-refractivity contribution in [2.24, 2.45) is 0 Å².